The molecule has 1 amide bonds. The molecule has 0 saturated heterocycles. The van der Waals surface area contributed by atoms with Crippen LogP contribution in [0.15, 0.2) is 72.8 Å². The van der Waals surface area contributed by atoms with Gasteiger partial charge in [0.15, 0.2) is 0 Å². The number of hydrogen-bond donors (Lipinski definition) is 1. The number of carbonyl (C=O) groups is 1. The van der Waals surface area contributed by atoms with Crippen LogP contribution in [-0.2, 0) is 11.2 Å². The fourth-order valence-electron chi connectivity index (χ4n) is 2.44. The average Bonchev–Trinajstić information content (AvgIpc) is 2.55. The van der Waals surface area contributed by atoms with E-state index in [4.69, 9.17) is 0 Å². The largest absolute Gasteiger partial charge is 0.326 e. The van der Waals surface area contributed by atoms with Crippen molar-refractivity contribution in [3.63, 3.8) is 0 Å². The first-order valence-corrected chi connectivity index (χ1v) is 7.50. The summed E-state index contributed by atoms with van der Waals surface area (Å²) in [5.41, 5.74) is 2.91. The molecule has 0 fully saturated rings. The Balaban J connectivity index is 1.66. The maximum Gasteiger partial charge on any atom is 0.228 e. The Labute approximate surface area is 138 Å². The molecule has 0 spiro atoms. The minimum atomic E-state index is -0.396. The van der Waals surface area contributed by atoms with E-state index in [9.17, 15) is 13.6 Å². The summed E-state index contributed by atoms with van der Waals surface area (Å²) in [5, 5.41) is 2.66. The number of anilines is 1. The summed E-state index contributed by atoms with van der Waals surface area (Å²) in [6.45, 7) is 0. The van der Waals surface area contributed by atoms with Crippen LogP contribution in [0.1, 0.15) is 5.56 Å². The van der Waals surface area contributed by atoms with Gasteiger partial charge < -0.3 is 5.32 Å². The Kier molecular flexibility index (Phi) is 4.66. The molecule has 24 heavy (non-hydrogen) atoms. The number of rotatable bonds is 4. The van der Waals surface area contributed by atoms with Crippen molar-refractivity contribution < 1.29 is 13.6 Å². The molecule has 0 heterocycles. The van der Waals surface area contributed by atoms with Crippen molar-refractivity contribution in [2.24, 2.45) is 0 Å². The van der Waals surface area contributed by atoms with Crippen molar-refractivity contribution in [2.45, 2.75) is 6.42 Å². The van der Waals surface area contributed by atoms with Crippen LogP contribution >= 0.6 is 0 Å². The molecular formula is C20H15F2NO. The second kappa shape index (κ2) is 7.04. The zero-order valence-corrected chi connectivity index (χ0v) is 12.8. The Morgan fingerprint density at radius 3 is 2.12 bits per heavy atom. The van der Waals surface area contributed by atoms with Crippen LogP contribution < -0.4 is 5.32 Å². The molecule has 0 bridgehead atoms. The van der Waals surface area contributed by atoms with Gasteiger partial charge >= 0.3 is 0 Å². The molecule has 0 atom stereocenters. The number of halogens is 2. The van der Waals surface area contributed by atoms with E-state index in [-0.39, 0.29) is 18.1 Å². The van der Waals surface area contributed by atoms with Gasteiger partial charge in [-0.05, 0) is 47.0 Å². The minimum absolute atomic E-state index is 0.181. The van der Waals surface area contributed by atoms with Crippen molar-refractivity contribution in [1.82, 2.24) is 0 Å². The van der Waals surface area contributed by atoms with Crippen molar-refractivity contribution in [3.8, 4) is 11.1 Å². The predicted octanol–water partition coefficient (Wildman–Crippen LogP) is 4.81. The standard InChI is InChI=1S/C20H15F2NO/c21-17-4-1-3-16(12-17)15-9-7-14(8-10-15)11-20(24)23-19-6-2-5-18(22)13-19/h1-10,12-13H,11H2,(H,23,24). The molecule has 0 aliphatic carbocycles. The van der Waals surface area contributed by atoms with Crippen LogP contribution in [0.2, 0.25) is 0 Å². The van der Waals surface area contributed by atoms with Crippen molar-refractivity contribution in [1.29, 1.82) is 0 Å². The van der Waals surface area contributed by atoms with E-state index in [1.54, 1.807) is 18.2 Å². The lowest BCUT2D eigenvalue weighted by molar-refractivity contribution is -0.115. The fraction of sp³-hybridized carbons (Fsp3) is 0.0500. The minimum Gasteiger partial charge on any atom is -0.326 e. The molecule has 0 unspecified atom stereocenters. The maximum absolute atomic E-state index is 13.3. The molecule has 3 aromatic carbocycles. The van der Waals surface area contributed by atoms with Gasteiger partial charge in [0.2, 0.25) is 5.91 Å². The Bertz CT molecular complexity index is 860. The quantitative estimate of drug-likeness (QED) is 0.733. The topological polar surface area (TPSA) is 29.1 Å². The van der Waals surface area contributed by atoms with E-state index in [1.165, 1.54) is 24.3 Å². The zero-order chi connectivity index (χ0) is 16.9. The first-order valence-electron chi connectivity index (χ1n) is 7.50. The zero-order valence-electron chi connectivity index (χ0n) is 12.8. The third-order valence-electron chi connectivity index (χ3n) is 3.58. The van der Waals surface area contributed by atoms with Crippen LogP contribution in [0.25, 0.3) is 11.1 Å². The monoisotopic (exact) mass is 323 g/mol. The summed E-state index contributed by atoms with van der Waals surface area (Å²) < 4.78 is 26.4. The normalized spacial score (nSPS) is 10.4. The molecule has 0 radical (unpaired) electrons. The van der Waals surface area contributed by atoms with Gasteiger partial charge in [-0.2, -0.15) is 0 Å². The van der Waals surface area contributed by atoms with Gasteiger partial charge in [-0.1, -0.05) is 42.5 Å². The van der Waals surface area contributed by atoms with E-state index in [2.05, 4.69) is 5.32 Å². The SMILES string of the molecule is O=C(Cc1ccc(-c2cccc(F)c2)cc1)Nc1cccc(F)c1. The maximum atomic E-state index is 13.3. The van der Waals surface area contributed by atoms with Crippen LogP contribution in [0.4, 0.5) is 14.5 Å². The van der Waals surface area contributed by atoms with E-state index >= 15 is 0 Å². The van der Waals surface area contributed by atoms with Gasteiger partial charge in [-0.15, -0.1) is 0 Å². The molecule has 2 nitrogen and oxygen atoms in total. The van der Waals surface area contributed by atoms with Gasteiger partial charge in [0.05, 0.1) is 6.42 Å². The van der Waals surface area contributed by atoms with Gasteiger partial charge in [0.25, 0.3) is 0 Å². The van der Waals surface area contributed by atoms with Crippen LogP contribution in [0.3, 0.4) is 0 Å². The highest BCUT2D eigenvalue weighted by molar-refractivity contribution is 5.92. The molecule has 120 valence electrons. The van der Waals surface area contributed by atoms with Gasteiger partial charge in [-0.3, -0.25) is 4.79 Å². The van der Waals surface area contributed by atoms with E-state index in [1.807, 2.05) is 30.3 Å². The molecule has 1 N–H and O–H groups in total. The Morgan fingerprint density at radius 1 is 0.792 bits per heavy atom. The average molecular weight is 323 g/mol. The van der Waals surface area contributed by atoms with Crippen molar-refractivity contribution in [2.75, 3.05) is 5.32 Å². The van der Waals surface area contributed by atoms with Crippen LogP contribution in [0, 0.1) is 11.6 Å². The summed E-state index contributed by atoms with van der Waals surface area (Å²) in [5.74, 6) is -0.905. The first kappa shape index (κ1) is 15.9. The molecule has 0 aliphatic rings. The van der Waals surface area contributed by atoms with Crippen molar-refractivity contribution in [3.05, 3.63) is 90.0 Å². The third-order valence-corrected chi connectivity index (χ3v) is 3.58. The lowest BCUT2D eigenvalue weighted by atomic mass is 10.0. The van der Waals surface area contributed by atoms with Gasteiger partial charge in [-0.25, -0.2) is 8.78 Å². The summed E-state index contributed by atoms with van der Waals surface area (Å²) in [6.07, 6.45) is 0.181. The molecule has 0 aliphatic heterocycles. The summed E-state index contributed by atoms with van der Waals surface area (Å²) >= 11 is 0. The van der Waals surface area contributed by atoms with Gasteiger partial charge in [0.1, 0.15) is 11.6 Å². The molecular weight excluding hydrogens is 308 g/mol. The Hall–Kier alpha value is -3.01. The van der Waals surface area contributed by atoms with E-state index in [0.29, 0.717) is 5.69 Å². The van der Waals surface area contributed by atoms with E-state index in [0.717, 1.165) is 16.7 Å². The van der Waals surface area contributed by atoms with Crippen LogP contribution in [0.5, 0.6) is 0 Å². The highest BCUT2D eigenvalue weighted by Crippen LogP contribution is 2.21. The van der Waals surface area contributed by atoms with Crippen molar-refractivity contribution >= 4 is 11.6 Å². The van der Waals surface area contributed by atoms with Gasteiger partial charge in [0, 0.05) is 5.69 Å². The fourth-order valence-corrected chi connectivity index (χ4v) is 2.44. The second-order valence-corrected chi connectivity index (χ2v) is 5.44. The number of amides is 1. The smallest absolute Gasteiger partial charge is 0.228 e. The second-order valence-electron chi connectivity index (χ2n) is 5.44. The highest BCUT2D eigenvalue weighted by atomic mass is 19.1. The summed E-state index contributed by atoms with van der Waals surface area (Å²) in [4.78, 5) is 12.0. The lowest BCUT2D eigenvalue weighted by Crippen LogP contribution is -2.14. The number of nitrogens with one attached hydrogen (secondary N) is 1. The first-order chi connectivity index (χ1) is 11.6. The lowest BCUT2D eigenvalue weighted by Gasteiger charge is -2.07. The summed E-state index contributed by atoms with van der Waals surface area (Å²) in [6, 6.07) is 19.5. The Morgan fingerprint density at radius 2 is 1.46 bits per heavy atom. The number of carbonyl (C=O) groups excluding carboxylic acids is 1. The highest BCUT2D eigenvalue weighted by Gasteiger charge is 2.06. The third kappa shape index (κ3) is 4.04. The molecule has 0 aromatic heterocycles. The molecule has 0 saturated carbocycles. The predicted molar refractivity (Wildman–Crippen MR) is 90.6 cm³/mol. The molecule has 3 rings (SSSR count). The van der Waals surface area contributed by atoms with Crippen LogP contribution in [-0.4, -0.2) is 5.91 Å². The number of benzene rings is 3. The summed E-state index contributed by atoms with van der Waals surface area (Å²) in [7, 11) is 0. The molecule has 3 aromatic rings. The molecule has 4 heteroatoms. The number of hydrogen-bond acceptors (Lipinski definition) is 1. The van der Waals surface area contributed by atoms with E-state index < -0.39 is 5.82 Å².